The molecule has 0 bridgehead atoms. The summed E-state index contributed by atoms with van der Waals surface area (Å²) in [6.07, 6.45) is 1.49. The van der Waals surface area contributed by atoms with Crippen LogP contribution in [0.4, 0.5) is 11.4 Å². The summed E-state index contributed by atoms with van der Waals surface area (Å²) >= 11 is 6.10. The fraction of sp³-hybridized carbons (Fsp3) is 0.269. The summed E-state index contributed by atoms with van der Waals surface area (Å²) in [7, 11) is -2.07. The summed E-state index contributed by atoms with van der Waals surface area (Å²) < 4.78 is 27.1. The smallest absolute Gasteiger partial charge is 0.243 e. The first-order valence-corrected chi connectivity index (χ1v) is 13.1. The zero-order valence-corrected chi connectivity index (χ0v) is 20.6. The van der Waals surface area contributed by atoms with Crippen molar-refractivity contribution in [2.45, 2.75) is 24.3 Å². The SMILES string of the molecule is CN(Cc1ccccc1)S(=O)(=O)c1ccc(NC(=O)C2CCN(c3cccc(Cl)c3)CC2)cc1. The van der Waals surface area contributed by atoms with Crippen LogP contribution in [0, 0.1) is 5.92 Å². The van der Waals surface area contributed by atoms with Gasteiger partial charge in [-0.25, -0.2) is 8.42 Å². The van der Waals surface area contributed by atoms with Gasteiger partial charge in [0.25, 0.3) is 0 Å². The Morgan fingerprint density at radius 2 is 1.68 bits per heavy atom. The van der Waals surface area contributed by atoms with E-state index in [0.29, 0.717) is 10.7 Å². The molecule has 178 valence electrons. The third-order valence-corrected chi connectivity index (χ3v) is 8.17. The van der Waals surface area contributed by atoms with Crippen molar-refractivity contribution >= 4 is 38.9 Å². The molecule has 1 N–H and O–H groups in total. The van der Waals surface area contributed by atoms with Gasteiger partial charge in [-0.2, -0.15) is 4.31 Å². The number of amides is 1. The minimum Gasteiger partial charge on any atom is -0.371 e. The third-order valence-electron chi connectivity index (χ3n) is 6.12. The second kappa shape index (κ2) is 10.6. The highest BCUT2D eigenvalue weighted by atomic mass is 35.5. The lowest BCUT2D eigenvalue weighted by Crippen LogP contribution is -2.38. The quantitative estimate of drug-likeness (QED) is 0.498. The zero-order chi connectivity index (χ0) is 24.1. The van der Waals surface area contributed by atoms with E-state index in [4.69, 9.17) is 11.6 Å². The number of benzene rings is 3. The molecule has 1 saturated heterocycles. The number of sulfonamides is 1. The molecule has 1 heterocycles. The number of piperidine rings is 1. The molecule has 0 aliphatic carbocycles. The molecule has 1 amide bonds. The average molecular weight is 498 g/mol. The molecule has 0 spiro atoms. The van der Waals surface area contributed by atoms with E-state index in [1.807, 2.05) is 54.6 Å². The number of nitrogens with zero attached hydrogens (tertiary/aromatic N) is 2. The Kier molecular flexibility index (Phi) is 7.56. The molecule has 4 rings (SSSR count). The van der Waals surface area contributed by atoms with Gasteiger partial charge in [-0.15, -0.1) is 0 Å². The molecule has 0 radical (unpaired) electrons. The highest BCUT2D eigenvalue weighted by Gasteiger charge is 2.26. The van der Waals surface area contributed by atoms with E-state index in [9.17, 15) is 13.2 Å². The van der Waals surface area contributed by atoms with Crippen LogP contribution in [0.3, 0.4) is 0 Å². The number of carbonyl (C=O) groups excluding carboxylic acids is 1. The number of halogens is 1. The minimum absolute atomic E-state index is 0.0393. The molecule has 6 nitrogen and oxygen atoms in total. The highest BCUT2D eigenvalue weighted by Crippen LogP contribution is 2.27. The fourth-order valence-corrected chi connectivity index (χ4v) is 5.48. The molecular formula is C26H28ClN3O3S. The summed E-state index contributed by atoms with van der Waals surface area (Å²) in [5.41, 5.74) is 2.58. The Bertz CT molecular complexity index is 1230. The Balaban J connectivity index is 1.33. The second-order valence-electron chi connectivity index (χ2n) is 8.50. The number of anilines is 2. The van der Waals surface area contributed by atoms with Crippen LogP contribution in [0.1, 0.15) is 18.4 Å². The van der Waals surface area contributed by atoms with Gasteiger partial charge in [0.2, 0.25) is 15.9 Å². The monoisotopic (exact) mass is 497 g/mol. The highest BCUT2D eigenvalue weighted by molar-refractivity contribution is 7.89. The van der Waals surface area contributed by atoms with Crippen molar-refractivity contribution < 1.29 is 13.2 Å². The molecule has 1 fully saturated rings. The number of nitrogens with one attached hydrogen (secondary N) is 1. The lowest BCUT2D eigenvalue weighted by Gasteiger charge is -2.33. The molecule has 0 unspecified atom stereocenters. The maximum atomic E-state index is 12.9. The van der Waals surface area contributed by atoms with Crippen LogP contribution >= 0.6 is 11.6 Å². The first kappa shape index (κ1) is 24.3. The molecule has 3 aromatic carbocycles. The van der Waals surface area contributed by atoms with E-state index in [1.54, 1.807) is 19.2 Å². The van der Waals surface area contributed by atoms with Crippen LogP contribution < -0.4 is 10.2 Å². The van der Waals surface area contributed by atoms with Crippen LogP contribution in [-0.2, 0) is 21.4 Å². The molecule has 8 heteroatoms. The number of hydrogen-bond acceptors (Lipinski definition) is 4. The summed E-state index contributed by atoms with van der Waals surface area (Å²) in [4.78, 5) is 15.2. The predicted molar refractivity (Wildman–Crippen MR) is 137 cm³/mol. The predicted octanol–water partition coefficient (Wildman–Crippen LogP) is 5.02. The summed E-state index contributed by atoms with van der Waals surface area (Å²) in [6.45, 7) is 1.85. The van der Waals surface area contributed by atoms with E-state index in [0.717, 1.165) is 37.2 Å². The van der Waals surface area contributed by atoms with Crippen molar-refractivity contribution in [2.24, 2.45) is 5.92 Å². The van der Waals surface area contributed by atoms with E-state index in [-0.39, 0.29) is 23.3 Å². The molecule has 0 atom stereocenters. The van der Waals surface area contributed by atoms with Crippen molar-refractivity contribution in [1.29, 1.82) is 0 Å². The van der Waals surface area contributed by atoms with E-state index in [2.05, 4.69) is 10.2 Å². The Labute approximate surface area is 206 Å². The lowest BCUT2D eigenvalue weighted by molar-refractivity contribution is -0.120. The van der Waals surface area contributed by atoms with Gasteiger partial charge >= 0.3 is 0 Å². The Morgan fingerprint density at radius 1 is 1.00 bits per heavy atom. The van der Waals surface area contributed by atoms with E-state index in [1.165, 1.54) is 16.4 Å². The molecule has 1 aliphatic rings. The van der Waals surface area contributed by atoms with E-state index >= 15 is 0 Å². The van der Waals surface area contributed by atoms with Crippen molar-refractivity contribution in [2.75, 3.05) is 30.4 Å². The van der Waals surface area contributed by atoms with Gasteiger partial charge < -0.3 is 10.2 Å². The normalized spacial score (nSPS) is 14.9. The Morgan fingerprint density at radius 3 is 2.32 bits per heavy atom. The first-order chi connectivity index (χ1) is 16.3. The van der Waals surface area contributed by atoms with Crippen LogP contribution in [0.25, 0.3) is 0 Å². The van der Waals surface area contributed by atoms with Crippen LogP contribution in [0.2, 0.25) is 5.02 Å². The standard InChI is InChI=1S/C26H28ClN3O3S/c1-29(19-20-6-3-2-4-7-20)34(32,33)25-12-10-23(11-13-25)28-26(31)21-14-16-30(17-15-21)24-9-5-8-22(27)18-24/h2-13,18,21H,14-17,19H2,1H3,(H,28,31). The zero-order valence-electron chi connectivity index (χ0n) is 19.0. The third kappa shape index (κ3) is 5.78. The fourth-order valence-electron chi connectivity index (χ4n) is 4.13. The Hall–Kier alpha value is -2.87. The van der Waals surface area contributed by atoms with Crippen molar-refractivity contribution in [1.82, 2.24) is 4.31 Å². The largest absolute Gasteiger partial charge is 0.371 e. The van der Waals surface area contributed by atoms with Crippen LogP contribution in [0.15, 0.2) is 83.8 Å². The first-order valence-electron chi connectivity index (χ1n) is 11.2. The van der Waals surface area contributed by atoms with Crippen molar-refractivity contribution in [3.8, 4) is 0 Å². The van der Waals surface area contributed by atoms with Gasteiger partial charge in [-0.05, 0) is 60.9 Å². The van der Waals surface area contributed by atoms with Crippen molar-refractivity contribution in [3.63, 3.8) is 0 Å². The van der Waals surface area contributed by atoms with Gasteiger partial charge in [-0.3, -0.25) is 4.79 Å². The summed E-state index contributed by atoms with van der Waals surface area (Å²) in [6, 6.07) is 23.5. The number of carbonyl (C=O) groups is 1. The molecule has 0 aromatic heterocycles. The van der Waals surface area contributed by atoms with Gasteiger partial charge in [-0.1, -0.05) is 48.0 Å². The average Bonchev–Trinajstić information content (AvgIpc) is 2.85. The maximum absolute atomic E-state index is 12.9. The second-order valence-corrected chi connectivity index (χ2v) is 11.0. The van der Waals surface area contributed by atoms with Gasteiger partial charge in [0.05, 0.1) is 4.90 Å². The van der Waals surface area contributed by atoms with E-state index < -0.39 is 10.0 Å². The molecule has 1 aliphatic heterocycles. The summed E-state index contributed by atoms with van der Waals surface area (Å²) in [5.74, 6) is -0.126. The van der Waals surface area contributed by atoms with Gasteiger partial charge in [0.15, 0.2) is 0 Å². The van der Waals surface area contributed by atoms with Gasteiger partial charge in [0, 0.05) is 49.0 Å². The summed E-state index contributed by atoms with van der Waals surface area (Å²) in [5, 5.41) is 3.64. The van der Waals surface area contributed by atoms with Gasteiger partial charge in [0.1, 0.15) is 0 Å². The minimum atomic E-state index is -3.63. The lowest BCUT2D eigenvalue weighted by atomic mass is 9.95. The molecule has 0 saturated carbocycles. The van der Waals surface area contributed by atoms with Crippen molar-refractivity contribution in [3.05, 3.63) is 89.4 Å². The molecule has 34 heavy (non-hydrogen) atoms. The van der Waals surface area contributed by atoms with Crippen LogP contribution in [-0.4, -0.2) is 38.8 Å². The molecule has 3 aromatic rings. The maximum Gasteiger partial charge on any atom is 0.243 e. The number of rotatable bonds is 7. The molecular weight excluding hydrogens is 470 g/mol. The number of hydrogen-bond donors (Lipinski definition) is 1. The topological polar surface area (TPSA) is 69.7 Å². The van der Waals surface area contributed by atoms with Crippen LogP contribution in [0.5, 0.6) is 0 Å².